The predicted octanol–water partition coefficient (Wildman–Crippen LogP) is 1.55. The molecular formula is C11H13FN2O2S. The molecule has 0 fully saturated rings. The summed E-state index contributed by atoms with van der Waals surface area (Å²) in [6.07, 6.45) is 0.169. The van der Waals surface area contributed by atoms with Gasteiger partial charge in [-0.15, -0.1) is 4.91 Å². The minimum absolute atomic E-state index is 0.169. The van der Waals surface area contributed by atoms with E-state index in [1.165, 1.54) is 24.3 Å². The van der Waals surface area contributed by atoms with Crippen molar-refractivity contribution < 1.29 is 9.18 Å². The summed E-state index contributed by atoms with van der Waals surface area (Å²) in [7, 11) is 0. The number of thiol groups is 1. The zero-order chi connectivity index (χ0) is 12.7. The molecule has 0 saturated carbocycles. The van der Waals surface area contributed by atoms with Crippen molar-refractivity contribution in [1.82, 2.24) is 5.32 Å². The fourth-order valence-electron chi connectivity index (χ4n) is 1.32. The first kappa shape index (κ1) is 13.6. The van der Waals surface area contributed by atoms with E-state index in [0.29, 0.717) is 17.9 Å². The Kier molecular flexibility index (Phi) is 5.62. The lowest BCUT2D eigenvalue weighted by molar-refractivity contribution is -0.122. The maximum atomic E-state index is 12.7. The van der Waals surface area contributed by atoms with Crippen LogP contribution in [-0.2, 0) is 11.2 Å². The van der Waals surface area contributed by atoms with Crippen LogP contribution >= 0.6 is 12.6 Å². The van der Waals surface area contributed by atoms with Crippen LogP contribution < -0.4 is 5.32 Å². The summed E-state index contributed by atoms with van der Waals surface area (Å²) in [5, 5.41) is 5.31. The van der Waals surface area contributed by atoms with Crippen molar-refractivity contribution in [2.24, 2.45) is 5.18 Å². The zero-order valence-corrected chi connectivity index (χ0v) is 9.99. The van der Waals surface area contributed by atoms with Gasteiger partial charge in [0, 0.05) is 18.7 Å². The highest BCUT2D eigenvalue weighted by molar-refractivity contribution is 7.80. The van der Waals surface area contributed by atoms with E-state index in [1.807, 2.05) is 0 Å². The van der Waals surface area contributed by atoms with Gasteiger partial charge in [0.2, 0.25) is 5.91 Å². The highest BCUT2D eigenvalue weighted by atomic mass is 32.1. The SMILES string of the molecule is O=NC(Cc1ccc(F)cc1)C(=O)NCCS. The number of benzene rings is 1. The van der Waals surface area contributed by atoms with Crippen molar-refractivity contribution in [2.45, 2.75) is 12.5 Å². The Morgan fingerprint density at radius 1 is 1.41 bits per heavy atom. The van der Waals surface area contributed by atoms with E-state index in [2.05, 4.69) is 23.1 Å². The van der Waals surface area contributed by atoms with Crippen LogP contribution in [0.5, 0.6) is 0 Å². The van der Waals surface area contributed by atoms with Gasteiger partial charge in [-0.25, -0.2) is 4.39 Å². The zero-order valence-electron chi connectivity index (χ0n) is 9.10. The van der Waals surface area contributed by atoms with Crippen molar-refractivity contribution in [3.63, 3.8) is 0 Å². The molecule has 0 aliphatic rings. The topological polar surface area (TPSA) is 58.5 Å². The first-order chi connectivity index (χ1) is 8.17. The molecule has 0 heterocycles. The third kappa shape index (κ3) is 4.52. The third-order valence-electron chi connectivity index (χ3n) is 2.18. The van der Waals surface area contributed by atoms with Crippen LogP contribution in [0, 0.1) is 10.7 Å². The minimum Gasteiger partial charge on any atom is -0.353 e. The highest BCUT2D eigenvalue weighted by Gasteiger charge is 2.18. The van der Waals surface area contributed by atoms with Crippen LogP contribution in [0.3, 0.4) is 0 Å². The number of halogens is 1. The molecule has 0 saturated heterocycles. The minimum atomic E-state index is -0.986. The summed E-state index contributed by atoms with van der Waals surface area (Å²) in [6.45, 7) is 0.386. The van der Waals surface area contributed by atoms with Crippen molar-refractivity contribution in [3.8, 4) is 0 Å². The van der Waals surface area contributed by atoms with E-state index in [4.69, 9.17) is 0 Å². The number of rotatable bonds is 6. The number of nitrogens with one attached hydrogen (secondary N) is 1. The van der Waals surface area contributed by atoms with Crippen molar-refractivity contribution in [2.75, 3.05) is 12.3 Å². The Balaban J connectivity index is 2.60. The summed E-state index contributed by atoms with van der Waals surface area (Å²) < 4.78 is 12.7. The van der Waals surface area contributed by atoms with Crippen molar-refractivity contribution in [3.05, 3.63) is 40.6 Å². The lowest BCUT2D eigenvalue weighted by atomic mass is 10.1. The average Bonchev–Trinajstić information content (AvgIpc) is 2.35. The molecule has 1 aromatic rings. The maximum absolute atomic E-state index is 12.7. The van der Waals surface area contributed by atoms with E-state index in [0.717, 1.165) is 0 Å². The quantitative estimate of drug-likeness (QED) is 0.599. The summed E-state index contributed by atoms with van der Waals surface area (Å²) in [5.74, 6) is -0.296. The molecule has 0 radical (unpaired) electrons. The van der Waals surface area contributed by atoms with Gasteiger partial charge < -0.3 is 5.32 Å². The molecular weight excluding hydrogens is 243 g/mol. The van der Waals surface area contributed by atoms with Crippen LogP contribution in [0.15, 0.2) is 29.4 Å². The Labute approximate surface area is 104 Å². The highest BCUT2D eigenvalue weighted by Crippen LogP contribution is 2.08. The Hall–Kier alpha value is -1.43. The van der Waals surface area contributed by atoms with Crippen molar-refractivity contribution in [1.29, 1.82) is 0 Å². The number of carbonyl (C=O) groups excluding carboxylic acids is 1. The Morgan fingerprint density at radius 3 is 2.59 bits per heavy atom. The lowest BCUT2D eigenvalue weighted by Gasteiger charge is -2.09. The van der Waals surface area contributed by atoms with Crippen LogP contribution in [0.4, 0.5) is 4.39 Å². The summed E-state index contributed by atoms with van der Waals surface area (Å²) >= 11 is 3.94. The van der Waals surface area contributed by atoms with Crippen LogP contribution in [0.25, 0.3) is 0 Å². The molecule has 1 rings (SSSR count). The molecule has 0 aliphatic carbocycles. The fourth-order valence-corrected chi connectivity index (χ4v) is 1.43. The number of nitroso groups, excluding NO2 is 1. The third-order valence-corrected chi connectivity index (χ3v) is 2.41. The number of nitrogens with zero attached hydrogens (tertiary/aromatic N) is 1. The number of amides is 1. The van der Waals surface area contributed by atoms with Gasteiger partial charge in [-0.05, 0) is 17.7 Å². The van der Waals surface area contributed by atoms with Gasteiger partial charge in [-0.1, -0.05) is 17.3 Å². The van der Waals surface area contributed by atoms with Crippen LogP contribution in [-0.4, -0.2) is 24.2 Å². The summed E-state index contributed by atoms with van der Waals surface area (Å²) in [5.41, 5.74) is 0.692. The van der Waals surface area contributed by atoms with Crippen molar-refractivity contribution >= 4 is 18.5 Å². The molecule has 1 aromatic carbocycles. The average molecular weight is 256 g/mol. The number of hydrogen-bond acceptors (Lipinski definition) is 4. The monoisotopic (exact) mass is 256 g/mol. The standard InChI is InChI=1S/C11H13FN2O2S/c12-9-3-1-8(2-4-9)7-10(14-16)11(15)13-5-6-17/h1-4,10,17H,5-7H2,(H,13,15). The number of carbonyl (C=O) groups is 1. The molecule has 0 aliphatic heterocycles. The molecule has 0 spiro atoms. The van der Waals surface area contributed by atoms with Gasteiger partial charge in [0.1, 0.15) is 5.82 Å². The molecule has 17 heavy (non-hydrogen) atoms. The van der Waals surface area contributed by atoms with Gasteiger partial charge in [-0.2, -0.15) is 12.6 Å². The number of hydrogen-bond donors (Lipinski definition) is 2. The van der Waals surface area contributed by atoms with Crippen LogP contribution in [0.1, 0.15) is 5.56 Å². The summed E-state index contributed by atoms with van der Waals surface area (Å²) in [4.78, 5) is 22.1. The molecule has 4 nitrogen and oxygen atoms in total. The van der Waals surface area contributed by atoms with E-state index >= 15 is 0 Å². The second-order valence-corrected chi connectivity index (χ2v) is 3.91. The first-order valence-electron chi connectivity index (χ1n) is 5.13. The van der Waals surface area contributed by atoms with Gasteiger partial charge in [0.05, 0.1) is 0 Å². The molecule has 1 N–H and O–H groups in total. The van der Waals surface area contributed by atoms with E-state index < -0.39 is 11.9 Å². The second-order valence-electron chi connectivity index (χ2n) is 3.47. The summed E-state index contributed by atoms with van der Waals surface area (Å²) in [6, 6.07) is 4.63. The fraction of sp³-hybridized carbons (Fsp3) is 0.364. The van der Waals surface area contributed by atoms with E-state index in [9.17, 15) is 14.1 Å². The first-order valence-corrected chi connectivity index (χ1v) is 5.76. The van der Waals surface area contributed by atoms with Crippen LogP contribution in [0.2, 0.25) is 0 Å². The van der Waals surface area contributed by atoms with Gasteiger partial charge in [0.25, 0.3) is 0 Å². The molecule has 1 amide bonds. The molecule has 1 unspecified atom stereocenters. The van der Waals surface area contributed by atoms with Gasteiger partial charge in [0.15, 0.2) is 6.04 Å². The normalized spacial score (nSPS) is 11.9. The lowest BCUT2D eigenvalue weighted by Crippen LogP contribution is -2.35. The maximum Gasteiger partial charge on any atom is 0.248 e. The van der Waals surface area contributed by atoms with E-state index in [1.54, 1.807) is 0 Å². The molecule has 1 atom stereocenters. The van der Waals surface area contributed by atoms with Gasteiger partial charge >= 0.3 is 0 Å². The molecule has 6 heteroatoms. The smallest absolute Gasteiger partial charge is 0.248 e. The molecule has 92 valence electrons. The molecule has 0 bridgehead atoms. The van der Waals surface area contributed by atoms with E-state index in [-0.39, 0.29) is 12.2 Å². The second kappa shape index (κ2) is 7.01. The van der Waals surface area contributed by atoms with Gasteiger partial charge in [-0.3, -0.25) is 4.79 Å². The Bertz CT molecular complexity index is 384. The largest absolute Gasteiger partial charge is 0.353 e. The Morgan fingerprint density at radius 2 is 2.06 bits per heavy atom. The predicted molar refractivity (Wildman–Crippen MR) is 66.5 cm³/mol. The molecule has 0 aromatic heterocycles.